The third kappa shape index (κ3) is 4.94. The van der Waals surface area contributed by atoms with Crippen molar-refractivity contribution in [3.8, 4) is 0 Å². The summed E-state index contributed by atoms with van der Waals surface area (Å²) < 4.78 is 1.63. The van der Waals surface area contributed by atoms with E-state index in [0.717, 1.165) is 0 Å². The molecule has 2 atom stereocenters. The molecule has 0 unspecified atom stereocenters. The van der Waals surface area contributed by atoms with Crippen LogP contribution in [0.4, 0.5) is 4.79 Å². The van der Waals surface area contributed by atoms with Crippen LogP contribution < -0.4 is 10.6 Å². The van der Waals surface area contributed by atoms with E-state index in [9.17, 15) is 9.90 Å². The number of carbonyl (C=O) groups excluding carboxylic acids is 1. The second-order valence-corrected chi connectivity index (χ2v) is 6.01. The lowest BCUT2D eigenvalue weighted by molar-refractivity contribution is 0.0593. The van der Waals surface area contributed by atoms with Gasteiger partial charge in [-0.3, -0.25) is 4.68 Å². The van der Waals surface area contributed by atoms with E-state index in [1.165, 1.54) is 6.33 Å². The van der Waals surface area contributed by atoms with E-state index >= 15 is 0 Å². The number of nitrogens with zero attached hydrogens (tertiary/aromatic N) is 3. The summed E-state index contributed by atoms with van der Waals surface area (Å²) >= 11 is 6.08. The topological polar surface area (TPSA) is 92.1 Å². The highest BCUT2D eigenvalue weighted by atomic mass is 35.5. The Labute approximate surface area is 139 Å². The molecule has 0 aliphatic rings. The summed E-state index contributed by atoms with van der Waals surface area (Å²) in [7, 11) is 0. The van der Waals surface area contributed by atoms with Crippen molar-refractivity contribution >= 4 is 17.6 Å². The summed E-state index contributed by atoms with van der Waals surface area (Å²) in [5.41, 5.74) is -0.692. The molecule has 2 aromatic rings. The van der Waals surface area contributed by atoms with E-state index < -0.39 is 5.60 Å². The van der Waals surface area contributed by atoms with Crippen LogP contribution in [0.5, 0.6) is 0 Å². The quantitative estimate of drug-likeness (QED) is 0.745. The molecular formula is C15H20ClN5O2. The van der Waals surface area contributed by atoms with Gasteiger partial charge in [-0.2, -0.15) is 5.10 Å². The van der Waals surface area contributed by atoms with Crippen LogP contribution in [0, 0.1) is 0 Å². The van der Waals surface area contributed by atoms with E-state index in [4.69, 9.17) is 11.6 Å². The average molecular weight is 338 g/mol. The van der Waals surface area contributed by atoms with Crippen LogP contribution in [0.1, 0.15) is 19.4 Å². The van der Waals surface area contributed by atoms with Crippen molar-refractivity contribution in [2.45, 2.75) is 32.0 Å². The molecule has 8 heteroatoms. The van der Waals surface area contributed by atoms with Gasteiger partial charge in [-0.15, -0.1) is 0 Å². The molecule has 124 valence electrons. The maximum atomic E-state index is 11.9. The number of urea groups is 1. The van der Waals surface area contributed by atoms with Gasteiger partial charge in [0.2, 0.25) is 0 Å². The Morgan fingerprint density at radius 1 is 1.48 bits per heavy atom. The molecule has 3 N–H and O–H groups in total. The Balaban J connectivity index is 1.85. The zero-order valence-electron chi connectivity index (χ0n) is 13.0. The Hall–Kier alpha value is -2.12. The van der Waals surface area contributed by atoms with Crippen LogP contribution in [0.25, 0.3) is 0 Å². The molecule has 2 amide bonds. The molecule has 0 radical (unpaired) electrons. The van der Waals surface area contributed by atoms with Crippen LogP contribution in [0.2, 0.25) is 5.02 Å². The van der Waals surface area contributed by atoms with Crippen LogP contribution in [0.3, 0.4) is 0 Å². The van der Waals surface area contributed by atoms with Gasteiger partial charge in [0, 0.05) is 16.6 Å². The first kappa shape index (κ1) is 17.2. The summed E-state index contributed by atoms with van der Waals surface area (Å²) in [4.78, 5) is 15.8. The molecule has 0 aliphatic carbocycles. The van der Waals surface area contributed by atoms with Crippen molar-refractivity contribution < 1.29 is 9.90 Å². The molecule has 2 rings (SSSR count). The monoisotopic (exact) mass is 337 g/mol. The highest BCUT2D eigenvalue weighted by molar-refractivity contribution is 6.31. The van der Waals surface area contributed by atoms with Gasteiger partial charge < -0.3 is 15.7 Å². The van der Waals surface area contributed by atoms with Gasteiger partial charge in [-0.05, 0) is 19.9 Å². The Morgan fingerprint density at radius 3 is 2.87 bits per heavy atom. The van der Waals surface area contributed by atoms with E-state index in [-0.39, 0.29) is 18.6 Å². The number of hydrogen-bond acceptors (Lipinski definition) is 4. The molecule has 23 heavy (non-hydrogen) atoms. The molecule has 0 saturated carbocycles. The molecule has 0 fully saturated rings. The second kappa shape index (κ2) is 7.43. The molecular weight excluding hydrogens is 318 g/mol. The Kier molecular flexibility index (Phi) is 5.57. The average Bonchev–Trinajstić information content (AvgIpc) is 2.98. The lowest BCUT2D eigenvalue weighted by Crippen LogP contribution is -2.47. The molecule has 0 aliphatic heterocycles. The van der Waals surface area contributed by atoms with Crippen LogP contribution in [0.15, 0.2) is 36.9 Å². The van der Waals surface area contributed by atoms with E-state index in [2.05, 4.69) is 20.7 Å². The predicted molar refractivity (Wildman–Crippen MR) is 87.0 cm³/mol. The van der Waals surface area contributed by atoms with Crippen molar-refractivity contribution in [1.29, 1.82) is 0 Å². The smallest absolute Gasteiger partial charge is 0.315 e. The van der Waals surface area contributed by atoms with Gasteiger partial charge >= 0.3 is 6.03 Å². The zero-order valence-corrected chi connectivity index (χ0v) is 13.8. The summed E-state index contributed by atoms with van der Waals surface area (Å²) in [6.45, 7) is 4.01. The van der Waals surface area contributed by atoms with Gasteiger partial charge in [-0.1, -0.05) is 29.8 Å². The first-order valence-electron chi connectivity index (χ1n) is 7.22. The lowest BCUT2D eigenvalue weighted by atomic mass is 9.96. The highest BCUT2D eigenvalue weighted by Gasteiger charge is 2.26. The van der Waals surface area contributed by atoms with Gasteiger partial charge in [0.25, 0.3) is 0 Å². The minimum atomic E-state index is -1.26. The number of nitrogens with one attached hydrogen (secondary N) is 2. The fourth-order valence-corrected chi connectivity index (χ4v) is 2.51. The number of rotatable bonds is 6. The van der Waals surface area contributed by atoms with Crippen molar-refractivity contribution in [3.05, 3.63) is 47.5 Å². The maximum absolute atomic E-state index is 11.9. The number of aliphatic hydroxyl groups is 1. The number of aromatic nitrogens is 3. The third-order valence-electron chi connectivity index (χ3n) is 3.35. The van der Waals surface area contributed by atoms with Crippen molar-refractivity contribution in [1.82, 2.24) is 25.4 Å². The first-order chi connectivity index (χ1) is 10.9. The minimum Gasteiger partial charge on any atom is -0.384 e. The number of amides is 2. The molecule has 1 heterocycles. The number of halogens is 1. The number of carbonyl (C=O) groups is 1. The molecule has 0 saturated heterocycles. The summed E-state index contributed by atoms with van der Waals surface area (Å²) in [5, 5.41) is 20.4. The third-order valence-corrected chi connectivity index (χ3v) is 3.68. The van der Waals surface area contributed by atoms with E-state index in [0.29, 0.717) is 17.1 Å². The highest BCUT2D eigenvalue weighted by Crippen LogP contribution is 2.27. The largest absolute Gasteiger partial charge is 0.384 e. The van der Waals surface area contributed by atoms with E-state index in [1.54, 1.807) is 42.2 Å². The first-order valence-corrected chi connectivity index (χ1v) is 7.60. The normalized spacial score (nSPS) is 14.8. The number of hydrogen-bond donors (Lipinski definition) is 3. The van der Waals surface area contributed by atoms with Crippen molar-refractivity contribution in [2.24, 2.45) is 0 Å². The number of benzene rings is 1. The summed E-state index contributed by atoms with van der Waals surface area (Å²) in [5.74, 6) is 0. The van der Waals surface area contributed by atoms with Crippen LogP contribution in [-0.2, 0) is 12.1 Å². The fourth-order valence-electron chi connectivity index (χ4n) is 2.17. The molecule has 0 bridgehead atoms. The van der Waals surface area contributed by atoms with Gasteiger partial charge in [0.1, 0.15) is 18.3 Å². The molecule has 1 aromatic heterocycles. The molecule has 0 spiro atoms. The van der Waals surface area contributed by atoms with Gasteiger partial charge in [-0.25, -0.2) is 9.78 Å². The fraction of sp³-hybridized carbons (Fsp3) is 0.400. The SMILES string of the molecule is C[C@@H](Cn1cncn1)NC(=O)NC[C@@](C)(O)c1ccccc1Cl. The minimum absolute atomic E-state index is 0.0403. The Morgan fingerprint density at radius 2 is 2.22 bits per heavy atom. The molecule has 1 aromatic carbocycles. The predicted octanol–water partition coefficient (Wildman–Crippen LogP) is 1.53. The lowest BCUT2D eigenvalue weighted by Gasteiger charge is -2.25. The maximum Gasteiger partial charge on any atom is 0.315 e. The summed E-state index contributed by atoms with van der Waals surface area (Å²) in [6, 6.07) is 6.50. The Bertz CT molecular complexity index is 645. The second-order valence-electron chi connectivity index (χ2n) is 5.60. The molecule has 7 nitrogen and oxygen atoms in total. The zero-order chi connectivity index (χ0) is 16.9. The van der Waals surface area contributed by atoms with Gasteiger partial charge in [0.15, 0.2) is 0 Å². The van der Waals surface area contributed by atoms with Crippen LogP contribution in [-0.4, -0.2) is 38.5 Å². The standard InChI is InChI=1S/C15H20ClN5O2/c1-11(7-21-10-17-9-19-21)20-14(22)18-8-15(2,23)12-5-3-4-6-13(12)16/h3-6,9-11,23H,7-8H2,1-2H3,(H2,18,20,22)/t11-,15+/m0/s1. The van der Waals surface area contributed by atoms with Crippen molar-refractivity contribution in [3.63, 3.8) is 0 Å². The van der Waals surface area contributed by atoms with Crippen LogP contribution >= 0.6 is 11.6 Å². The van der Waals surface area contributed by atoms with Crippen molar-refractivity contribution in [2.75, 3.05) is 6.54 Å². The van der Waals surface area contributed by atoms with E-state index in [1.807, 2.05) is 6.92 Å². The summed E-state index contributed by atoms with van der Waals surface area (Å²) in [6.07, 6.45) is 3.02. The van der Waals surface area contributed by atoms with Gasteiger partial charge in [0.05, 0.1) is 13.1 Å².